The largest absolute Gasteiger partial charge is 0.267 e. The van der Waals surface area contributed by atoms with Crippen LogP contribution in [0.2, 0.25) is 0 Å². The molecule has 0 radical (unpaired) electrons. The van der Waals surface area contributed by atoms with Crippen LogP contribution in [0.15, 0.2) is 41.3 Å². The van der Waals surface area contributed by atoms with Gasteiger partial charge in [0.25, 0.3) is 10.0 Å². The summed E-state index contributed by atoms with van der Waals surface area (Å²) >= 11 is 0. The second kappa shape index (κ2) is 5.56. The van der Waals surface area contributed by atoms with Gasteiger partial charge in [-0.05, 0) is 43.5 Å². The molecule has 0 amide bonds. The molecule has 7 heteroatoms. The van der Waals surface area contributed by atoms with Crippen molar-refractivity contribution < 1.29 is 21.6 Å². The quantitative estimate of drug-likeness (QED) is 0.782. The third kappa shape index (κ3) is 2.49. The first-order valence-corrected chi connectivity index (χ1v) is 8.54. The predicted molar refractivity (Wildman–Crippen MR) is 80.2 cm³/mol. The summed E-state index contributed by atoms with van der Waals surface area (Å²) in [5, 5.41) is 0. The third-order valence-electron chi connectivity index (χ3n) is 4.00. The maximum atomic E-state index is 14.0. The minimum absolute atomic E-state index is 0.414. The molecule has 1 atom stereocenters. The van der Waals surface area contributed by atoms with E-state index in [1.807, 2.05) is 0 Å². The van der Waals surface area contributed by atoms with Gasteiger partial charge in [0, 0.05) is 6.04 Å². The number of sulfonamides is 1. The van der Waals surface area contributed by atoms with Gasteiger partial charge in [0.1, 0.15) is 4.90 Å². The molecular formula is C16H14F3NO2S. The van der Waals surface area contributed by atoms with Crippen LogP contribution in [0, 0.1) is 17.5 Å². The highest BCUT2D eigenvalue weighted by Crippen LogP contribution is 2.36. The van der Waals surface area contributed by atoms with Crippen LogP contribution in [0.25, 0.3) is 0 Å². The van der Waals surface area contributed by atoms with Crippen molar-refractivity contribution in [3.63, 3.8) is 0 Å². The minimum Gasteiger partial charge on any atom is -0.263 e. The predicted octanol–water partition coefficient (Wildman–Crippen LogP) is 3.63. The van der Waals surface area contributed by atoms with Gasteiger partial charge in [-0.2, -0.15) is 0 Å². The van der Waals surface area contributed by atoms with Crippen molar-refractivity contribution in [3.05, 3.63) is 59.4 Å². The Labute approximate surface area is 132 Å². The highest BCUT2D eigenvalue weighted by molar-refractivity contribution is 7.92. The van der Waals surface area contributed by atoms with Crippen LogP contribution in [0.4, 0.5) is 18.9 Å². The number of nitrogens with zero attached hydrogens (tertiary/aromatic N) is 1. The zero-order valence-electron chi connectivity index (χ0n) is 12.3. The fourth-order valence-corrected chi connectivity index (χ4v) is 4.62. The van der Waals surface area contributed by atoms with Crippen molar-refractivity contribution in [2.45, 2.75) is 30.7 Å². The molecule has 1 aliphatic rings. The van der Waals surface area contributed by atoms with Crippen LogP contribution >= 0.6 is 0 Å². The molecule has 3 nitrogen and oxygen atoms in total. The molecule has 0 aliphatic carbocycles. The van der Waals surface area contributed by atoms with Crippen LogP contribution in [0.5, 0.6) is 0 Å². The number of benzene rings is 2. The minimum atomic E-state index is -4.34. The summed E-state index contributed by atoms with van der Waals surface area (Å²) in [6.45, 7) is 1.70. The van der Waals surface area contributed by atoms with Gasteiger partial charge in [-0.3, -0.25) is 4.31 Å². The van der Waals surface area contributed by atoms with Gasteiger partial charge in [0.2, 0.25) is 0 Å². The van der Waals surface area contributed by atoms with Crippen LogP contribution in [0.1, 0.15) is 18.9 Å². The molecule has 0 saturated heterocycles. The molecule has 0 aromatic heterocycles. The Bertz CT molecular complexity index is 868. The van der Waals surface area contributed by atoms with Gasteiger partial charge in [-0.25, -0.2) is 21.6 Å². The highest BCUT2D eigenvalue weighted by atomic mass is 32.2. The van der Waals surface area contributed by atoms with E-state index in [-0.39, 0.29) is 0 Å². The standard InChI is InChI=1S/C16H14F3NO2S/c1-10-6-7-11-4-2-3-5-13(11)20(10)23(21,22)14-9-8-12(17)15(18)16(14)19/h2-5,8-10H,6-7H2,1H3/t10-/m1/s1. The number of anilines is 1. The first-order chi connectivity index (χ1) is 10.8. The summed E-state index contributed by atoms with van der Waals surface area (Å²) in [5.74, 6) is -4.90. The maximum Gasteiger partial charge on any atom is 0.267 e. The van der Waals surface area contributed by atoms with E-state index in [1.54, 1.807) is 31.2 Å². The summed E-state index contributed by atoms with van der Waals surface area (Å²) < 4.78 is 67.3. The van der Waals surface area contributed by atoms with E-state index < -0.39 is 38.4 Å². The number of rotatable bonds is 2. The van der Waals surface area contributed by atoms with Crippen molar-refractivity contribution in [3.8, 4) is 0 Å². The van der Waals surface area contributed by atoms with Gasteiger partial charge in [0.15, 0.2) is 17.5 Å². The number of hydrogen-bond acceptors (Lipinski definition) is 2. The number of para-hydroxylation sites is 1. The lowest BCUT2D eigenvalue weighted by Gasteiger charge is -2.36. The Morgan fingerprint density at radius 1 is 1.04 bits per heavy atom. The highest BCUT2D eigenvalue weighted by Gasteiger charge is 2.36. The van der Waals surface area contributed by atoms with Gasteiger partial charge in [-0.15, -0.1) is 0 Å². The average Bonchev–Trinajstić information content (AvgIpc) is 2.52. The SMILES string of the molecule is C[C@@H]1CCc2ccccc2N1S(=O)(=O)c1ccc(F)c(F)c1F. The first-order valence-electron chi connectivity index (χ1n) is 7.10. The fourth-order valence-electron chi connectivity index (χ4n) is 2.84. The second-order valence-corrected chi connectivity index (χ2v) is 7.27. The smallest absolute Gasteiger partial charge is 0.263 e. The van der Waals surface area contributed by atoms with Crippen molar-refractivity contribution in [1.82, 2.24) is 0 Å². The lowest BCUT2D eigenvalue weighted by atomic mass is 9.99. The van der Waals surface area contributed by atoms with Crippen LogP contribution in [-0.4, -0.2) is 14.5 Å². The molecule has 0 saturated carbocycles. The number of halogens is 3. The van der Waals surface area contributed by atoms with Crippen LogP contribution in [-0.2, 0) is 16.4 Å². The van der Waals surface area contributed by atoms with E-state index in [9.17, 15) is 21.6 Å². The van der Waals surface area contributed by atoms with Crippen molar-refractivity contribution >= 4 is 15.7 Å². The lowest BCUT2D eigenvalue weighted by Crippen LogP contribution is -2.42. The molecule has 3 rings (SSSR count). The van der Waals surface area contributed by atoms with E-state index in [0.29, 0.717) is 24.6 Å². The summed E-state index contributed by atoms with van der Waals surface area (Å²) in [6.07, 6.45) is 1.26. The van der Waals surface area contributed by atoms with Gasteiger partial charge in [-0.1, -0.05) is 18.2 Å². The van der Waals surface area contributed by atoms with Gasteiger partial charge in [0.05, 0.1) is 5.69 Å². The molecule has 1 heterocycles. The Morgan fingerprint density at radius 3 is 2.48 bits per heavy atom. The molecular weight excluding hydrogens is 327 g/mol. The fraction of sp³-hybridized carbons (Fsp3) is 0.250. The Kier molecular flexibility index (Phi) is 3.83. The van der Waals surface area contributed by atoms with E-state index in [1.165, 1.54) is 0 Å². The normalized spacial score (nSPS) is 17.9. The van der Waals surface area contributed by atoms with Crippen LogP contribution in [0.3, 0.4) is 0 Å². The zero-order valence-corrected chi connectivity index (χ0v) is 13.1. The molecule has 122 valence electrons. The number of fused-ring (bicyclic) bond motifs is 1. The molecule has 2 aromatic rings. The Balaban J connectivity index is 2.19. The lowest BCUT2D eigenvalue weighted by molar-refractivity contribution is 0.431. The molecule has 0 N–H and O–H groups in total. The molecule has 2 aromatic carbocycles. The Hall–Kier alpha value is -2.02. The first kappa shape index (κ1) is 15.9. The van der Waals surface area contributed by atoms with E-state index in [4.69, 9.17) is 0 Å². The molecule has 0 unspecified atom stereocenters. The molecule has 23 heavy (non-hydrogen) atoms. The third-order valence-corrected chi connectivity index (χ3v) is 5.94. The van der Waals surface area contributed by atoms with Gasteiger partial charge >= 0.3 is 0 Å². The van der Waals surface area contributed by atoms with E-state index >= 15 is 0 Å². The Morgan fingerprint density at radius 2 is 1.74 bits per heavy atom. The summed E-state index contributed by atoms with van der Waals surface area (Å²) in [7, 11) is -4.34. The van der Waals surface area contributed by atoms with Crippen LogP contribution < -0.4 is 4.31 Å². The molecule has 0 spiro atoms. The maximum absolute atomic E-state index is 14.0. The topological polar surface area (TPSA) is 37.4 Å². The van der Waals surface area contributed by atoms with Crippen molar-refractivity contribution in [2.24, 2.45) is 0 Å². The van der Waals surface area contributed by atoms with Gasteiger partial charge < -0.3 is 0 Å². The summed E-state index contributed by atoms with van der Waals surface area (Å²) in [6, 6.07) is 7.85. The number of aryl methyl sites for hydroxylation is 1. The van der Waals surface area contributed by atoms with E-state index in [2.05, 4.69) is 0 Å². The zero-order chi connectivity index (χ0) is 16.8. The second-order valence-electron chi connectivity index (χ2n) is 5.49. The average molecular weight is 341 g/mol. The molecule has 1 aliphatic heterocycles. The van der Waals surface area contributed by atoms with Crippen molar-refractivity contribution in [2.75, 3.05) is 4.31 Å². The van der Waals surface area contributed by atoms with Crippen molar-refractivity contribution in [1.29, 1.82) is 0 Å². The molecule has 0 fully saturated rings. The summed E-state index contributed by atoms with van der Waals surface area (Å²) in [5.41, 5.74) is 1.26. The monoisotopic (exact) mass is 341 g/mol. The molecule has 0 bridgehead atoms. The van der Waals surface area contributed by atoms with E-state index in [0.717, 1.165) is 15.9 Å². The number of hydrogen-bond donors (Lipinski definition) is 0. The summed E-state index contributed by atoms with van der Waals surface area (Å²) in [4.78, 5) is -0.861.